The first-order chi connectivity index (χ1) is 7.57. The number of nitriles is 1. The second kappa shape index (κ2) is 6.22. The molecule has 1 unspecified atom stereocenters. The minimum Gasteiger partial charge on any atom is -0.376 e. The zero-order chi connectivity index (χ0) is 12.0. The van der Waals surface area contributed by atoms with Crippen LogP contribution in [0.3, 0.4) is 0 Å². The second-order valence-electron chi connectivity index (χ2n) is 5.30. The Morgan fingerprint density at radius 1 is 1.50 bits per heavy atom. The number of hydrogen-bond donors (Lipinski definition) is 0. The van der Waals surface area contributed by atoms with Crippen molar-refractivity contribution in [3.63, 3.8) is 0 Å². The van der Waals surface area contributed by atoms with Crippen molar-refractivity contribution in [3.8, 4) is 6.07 Å². The highest BCUT2D eigenvalue weighted by Gasteiger charge is 2.20. The van der Waals surface area contributed by atoms with Gasteiger partial charge in [0.2, 0.25) is 0 Å². The Hall–Kier alpha value is -0.590. The van der Waals surface area contributed by atoms with Crippen LogP contribution in [0.5, 0.6) is 0 Å². The average Bonchev–Trinajstić information content (AvgIpc) is 2.29. The van der Waals surface area contributed by atoms with Gasteiger partial charge in [0.1, 0.15) is 0 Å². The van der Waals surface area contributed by atoms with Gasteiger partial charge in [-0.05, 0) is 39.7 Å². The van der Waals surface area contributed by atoms with Gasteiger partial charge in [-0.1, -0.05) is 6.92 Å². The van der Waals surface area contributed by atoms with Gasteiger partial charge < -0.3 is 4.74 Å². The van der Waals surface area contributed by atoms with Crippen molar-refractivity contribution < 1.29 is 4.74 Å². The molecule has 1 fully saturated rings. The van der Waals surface area contributed by atoms with Gasteiger partial charge in [0.25, 0.3) is 0 Å². The molecule has 3 heteroatoms. The van der Waals surface area contributed by atoms with Crippen LogP contribution in [0.4, 0.5) is 0 Å². The van der Waals surface area contributed by atoms with Crippen LogP contribution in [-0.2, 0) is 4.74 Å². The van der Waals surface area contributed by atoms with Crippen molar-refractivity contribution in [3.05, 3.63) is 0 Å². The molecule has 1 aliphatic heterocycles. The molecule has 0 amide bonds. The molecule has 1 rings (SSSR count). The number of nitrogens with zero attached hydrogens (tertiary/aromatic N) is 2. The normalized spacial score (nSPS) is 23.0. The predicted octanol–water partition coefficient (Wildman–Crippen LogP) is 2.43. The summed E-state index contributed by atoms with van der Waals surface area (Å²) in [5.41, 5.74) is -0.170. The minimum absolute atomic E-state index is 0.170. The van der Waals surface area contributed by atoms with E-state index >= 15 is 0 Å². The van der Waals surface area contributed by atoms with E-state index < -0.39 is 0 Å². The van der Waals surface area contributed by atoms with Crippen LogP contribution < -0.4 is 0 Å². The van der Waals surface area contributed by atoms with Crippen LogP contribution in [0.25, 0.3) is 0 Å². The average molecular weight is 224 g/mol. The van der Waals surface area contributed by atoms with E-state index in [-0.39, 0.29) is 5.41 Å². The fraction of sp³-hybridized carbons (Fsp3) is 0.923. The summed E-state index contributed by atoms with van der Waals surface area (Å²) < 4.78 is 5.63. The molecule has 16 heavy (non-hydrogen) atoms. The monoisotopic (exact) mass is 224 g/mol. The van der Waals surface area contributed by atoms with Crippen molar-refractivity contribution in [1.29, 1.82) is 5.26 Å². The Bertz CT molecular complexity index is 245. The Morgan fingerprint density at radius 2 is 2.25 bits per heavy atom. The highest BCUT2D eigenvalue weighted by molar-refractivity contribution is 4.91. The molecule has 92 valence electrons. The lowest BCUT2D eigenvalue weighted by atomic mass is 9.90. The standard InChI is InChI=1S/C13H24N2O/c1-4-12-10-15(8-9-16-12)7-5-6-13(2,3)11-14/h12H,4-10H2,1-3H3. The van der Waals surface area contributed by atoms with Gasteiger partial charge in [-0.2, -0.15) is 5.26 Å². The molecule has 0 saturated carbocycles. The summed E-state index contributed by atoms with van der Waals surface area (Å²) in [5, 5.41) is 8.93. The molecule has 0 aromatic rings. The van der Waals surface area contributed by atoms with Gasteiger partial charge in [0, 0.05) is 13.1 Å². The number of ether oxygens (including phenoxy) is 1. The molecule has 1 saturated heterocycles. The molecule has 0 aromatic heterocycles. The van der Waals surface area contributed by atoms with Crippen LogP contribution in [-0.4, -0.2) is 37.2 Å². The quantitative estimate of drug-likeness (QED) is 0.719. The third-order valence-corrected chi connectivity index (χ3v) is 3.26. The summed E-state index contributed by atoms with van der Waals surface area (Å²) in [6.07, 6.45) is 3.60. The van der Waals surface area contributed by atoms with E-state index in [0.717, 1.165) is 45.5 Å². The van der Waals surface area contributed by atoms with E-state index in [1.165, 1.54) is 0 Å². The minimum atomic E-state index is -0.170. The lowest BCUT2D eigenvalue weighted by molar-refractivity contribution is -0.0303. The van der Waals surface area contributed by atoms with Crippen molar-refractivity contribution in [1.82, 2.24) is 4.90 Å². The van der Waals surface area contributed by atoms with Gasteiger partial charge in [0.05, 0.1) is 24.2 Å². The highest BCUT2D eigenvalue weighted by Crippen LogP contribution is 2.21. The molecule has 1 heterocycles. The van der Waals surface area contributed by atoms with Crippen LogP contribution >= 0.6 is 0 Å². The lowest BCUT2D eigenvalue weighted by Gasteiger charge is -2.32. The van der Waals surface area contributed by atoms with Crippen molar-refractivity contribution in [2.24, 2.45) is 5.41 Å². The summed E-state index contributed by atoms with van der Waals surface area (Å²) >= 11 is 0. The third kappa shape index (κ3) is 4.51. The number of hydrogen-bond acceptors (Lipinski definition) is 3. The fourth-order valence-electron chi connectivity index (χ4n) is 2.03. The Labute approximate surface area is 99.4 Å². The summed E-state index contributed by atoms with van der Waals surface area (Å²) in [6, 6.07) is 2.36. The molecule has 1 aliphatic rings. The summed E-state index contributed by atoms with van der Waals surface area (Å²) in [6.45, 7) is 10.3. The Morgan fingerprint density at radius 3 is 2.88 bits per heavy atom. The van der Waals surface area contributed by atoms with Gasteiger partial charge in [-0.25, -0.2) is 0 Å². The molecule has 0 aliphatic carbocycles. The van der Waals surface area contributed by atoms with Gasteiger partial charge in [-0.3, -0.25) is 4.90 Å². The van der Waals surface area contributed by atoms with Crippen LogP contribution in [0.2, 0.25) is 0 Å². The van der Waals surface area contributed by atoms with E-state index in [2.05, 4.69) is 17.9 Å². The molecule has 3 nitrogen and oxygen atoms in total. The van der Waals surface area contributed by atoms with E-state index in [1.807, 2.05) is 13.8 Å². The fourth-order valence-corrected chi connectivity index (χ4v) is 2.03. The number of rotatable bonds is 5. The summed E-state index contributed by atoms with van der Waals surface area (Å²) in [5.74, 6) is 0. The molecule has 1 atom stereocenters. The zero-order valence-corrected chi connectivity index (χ0v) is 10.8. The SMILES string of the molecule is CCC1CN(CCCC(C)(C)C#N)CCO1. The van der Waals surface area contributed by atoms with E-state index in [4.69, 9.17) is 10.00 Å². The largest absolute Gasteiger partial charge is 0.376 e. The van der Waals surface area contributed by atoms with Crippen molar-refractivity contribution in [2.75, 3.05) is 26.2 Å². The summed E-state index contributed by atoms with van der Waals surface area (Å²) in [7, 11) is 0. The maximum absolute atomic E-state index is 8.93. The first-order valence-electron chi connectivity index (χ1n) is 6.32. The Kier molecular flexibility index (Phi) is 5.24. The maximum atomic E-state index is 8.93. The molecule has 0 aromatic carbocycles. The highest BCUT2D eigenvalue weighted by atomic mass is 16.5. The second-order valence-corrected chi connectivity index (χ2v) is 5.30. The van der Waals surface area contributed by atoms with Crippen LogP contribution in [0, 0.1) is 16.7 Å². The van der Waals surface area contributed by atoms with Crippen LogP contribution in [0.1, 0.15) is 40.0 Å². The lowest BCUT2D eigenvalue weighted by Crippen LogP contribution is -2.42. The molecular weight excluding hydrogens is 200 g/mol. The molecule has 0 N–H and O–H groups in total. The number of morpholine rings is 1. The van der Waals surface area contributed by atoms with Gasteiger partial charge in [0.15, 0.2) is 0 Å². The van der Waals surface area contributed by atoms with Crippen molar-refractivity contribution in [2.45, 2.75) is 46.1 Å². The van der Waals surface area contributed by atoms with Crippen LogP contribution in [0.15, 0.2) is 0 Å². The van der Waals surface area contributed by atoms with Crippen molar-refractivity contribution >= 4 is 0 Å². The Balaban J connectivity index is 2.20. The third-order valence-electron chi connectivity index (χ3n) is 3.26. The van der Waals surface area contributed by atoms with E-state index in [0.29, 0.717) is 6.10 Å². The van der Waals surface area contributed by atoms with E-state index in [1.54, 1.807) is 0 Å². The van der Waals surface area contributed by atoms with E-state index in [9.17, 15) is 0 Å². The topological polar surface area (TPSA) is 36.3 Å². The maximum Gasteiger partial charge on any atom is 0.0700 e. The molecule has 0 radical (unpaired) electrons. The molecular formula is C13H24N2O. The smallest absolute Gasteiger partial charge is 0.0700 e. The summed E-state index contributed by atoms with van der Waals surface area (Å²) in [4.78, 5) is 2.46. The predicted molar refractivity (Wildman–Crippen MR) is 65.1 cm³/mol. The first-order valence-corrected chi connectivity index (χ1v) is 6.32. The van der Waals surface area contributed by atoms with Gasteiger partial charge in [-0.15, -0.1) is 0 Å². The van der Waals surface area contributed by atoms with Gasteiger partial charge >= 0.3 is 0 Å². The zero-order valence-electron chi connectivity index (χ0n) is 10.8. The molecule has 0 bridgehead atoms. The first kappa shape index (κ1) is 13.5. The molecule has 0 spiro atoms.